The first-order chi connectivity index (χ1) is 9.26. The molecule has 0 saturated carbocycles. The summed E-state index contributed by atoms with van der Waals surface area (Å²) in [5, 5.41) is 3.65. The molecular weight excluding hydrogens is 230 g/mol. The Bertz CT molecular complexity index is 357. The zero-order valence-electron chi connectivity index (χ0n) is 13.3. The lowest BCUT2D eigenvalue weighted by molar-refractivity contribution is 0.486. The Hall–Kier alpha value is -0.820. The van der Waals surface area contributed by atoms with Crippen molar-refractivity contribution in [1.82, 2.24) is 5.32 Å². The second-order valence-corrected chi connectivity index (χ2v) is 5.34. The van der Waals surface area contributed by atoms with Gasteiger partial charge < -0.3 is 5.32 Å². The summed E-state index contributed by atoms with van der Waals surface area (Å²) in [4.78, 5) is 0. The molecule has 0 amide bonds. The Labute approximate surface area is 119 Å². The predicted octanol–water partition coefficient (Wildman–Crippen LogP) is 5.04. The average Bonchev–Trinajstić information content (AvgIpc) is 2.45. The third-order valence-electron chi connectivity index (χ3n) is 3.94. The van der Waals surface area contributed by atoms with E-state index in [0.29, 0.717) is 6.04 Å². The minimum atomic E-state index is 0.535. The lowest BCUT2D eigenvalue weighted by atomic mass is 9.94. The molecule has 108 valence electrons. The second-order valence-electron chi connectivity index (χ2n) is 5.34. The quantitative estimate of drug-likeness (QED) is 0.614. The van der Waals surface area contributed by atoms with Crippen LogP contribution in [0.3, 0.4) is 0 Å². The number of unbranched alkanes of at least 4 members (excludes halogenated alkanes) is 2. The van der Waals surface area contributed by atoms with E-state index in [1.165, 1.54) is 42.4 Å². The van der Waals surface area contributed by atoms with Gasteiger partial charge in [0.15, 0.2) is 0 Å². The molecule has 1 atom stereocenters. The monoisotopic (exact) mass is 261 g/mol. The van der Waals surface area contributed by atoms with Gasteiger partial charge in [-0.3, -0.25) is 0 Å². The van der Waals surface area contributed by atoms with Gasteiger partial charge in [0.2, 0.25) is 0 Å². The molecule has 0 radical (unpaired) electrons. The van der Waals surface area contributed by atoms with Gasteiger partial charge in [0.05, 0.1) is 0 Å². The summed E-state index contributed by atoms with van der Waals surface area (Å²) in [5.74, 6) is 0. The van der Waals surface area contributed by atoms with E-state index < -0.39 is 0 Å². The van der Waals surface area contributed by atoms with Crippen LogP contribution < -0.4 is 5.32 Å². The van der Waals surface area contributed by atoms with Crippen LogP contribution >= 0.6 is 0 Å². The minimum absolute atomic E-state index is 0.535. The molecule has 0 aliphatic heterocycles. The van der Waals surface area contributed by atoms with Crippen molar-refractivity contribution in [1.29, 1.82) is 0 Å². The molecule has 0 heterocycles. The average molecular weight is 261 g/mol. The third kappa shape index (κ3) is 4.99. The molecule has 1 unspecified atom stereocenters. The standard InChI is InChI=1S/C18H31N/c1-5-9-10-11-18(19-8-4)17-13-12-15(6-2)16(7-3)14-17/h12-14,18-19H,5-11H2,1-4H3. The van der Waals surface area contributed by atoms with Crippen molar-refractivity contribution in [3.8, 4) is 0 Å². The smallest absolute Gasteiger partial charge is 0.0320 e. The van der Waals surface area contributed by atoms with Gasteiger partial charge in [-0.1, -0.05) is 65.2 Å². The van der Waals surface area contributed by atoms with Crippen molar-refractivity contribution in [2.75, 3.05) is 6.54 Å². The topological polar surface area (TPSA) is 12.0 Å². The molecule has 1 N–H and O–H groups in total. The van der Waals surface area contributed by atoms with Crippen LogP contribution in [0.25, 0.3) is 0 Å². The summed E-state index contributed by atoms with van der Waals surface area (Å²) >= 11 is 0. The highest BCUT2D eigenvalue weighted by molar-refractivity contribution is 5.33. The van der Waals surface area contributed by atoms with Crippen molar-refractivity contribution in [3.05, 3.63) is 34.9 Å². The SMILES string of the molecule is CCCCCC(NCC)c1ccc(CC)c(CC)c1. The summed E-state index contributed by atoms with van der Waals surface area (Å²) in [5.41, 5.74) is 4.51. The van der Waals surface area contributed by atoms with Gasteiger partial charge in [0.1, 0.15) is 0 Å². The second kappa shape index (κ2) is 9.14. The molecular formula is C18H31N. The summed E-state index contributed by atoms with van der Waals surface area (Å²) < 4.78 is 0. The van der Waals surface area contributed by atoms with Crippen LogP contribution in [0.5, 0.6) is 0 Å². The van der Waals surface area contributed by atoms with Gasteiger partial charge >= 0.3 is 0 Å². The molecule has 0 aromatic heterocycles. The Morgan fingerprint density at radius 3 is 2.26 bits per heavy atom. The van der Waals surface area contributed by atoms with E-state index in [2.05, 4.69) is 51.2 Å². The van der Waals surface area contributed by atoms with E-state index in [1.54, 1.807) is 0 Å². The maximum Gasteiger partial charge on any atom is 0.0320 e. The van der Waals surface area contributed by atoms with E-state index in [1.807, 2.05) is 0 Å². The molecule has 1 rings (SSSR count). The first-order valence-electron chi connectivity index (χ1n) is 8.11. The van der Waals surface area contributed by atoms with Crippen molar-refractivity contribution in [2.45, 2.75) is 72.3 Å². The number of hydrogen-bond acceptors (Lipinski definition) is 1. The highest BCUT2D eigenvalue weighted by Crippen LogP contribution is 2.23. The number of nitrogens with one attached hydrogen (secondary N) is 1. The van der Waals surface area contributed by atoms with Crippen molar-refractivity contribution < 1.29 is 0 Å². The summed E-state index contributed by atoms with van der Waals surface area (Å²) in [7, 11) is 0. The fraction of sp³-hybridized carbons (Fsp3) is 0.667. The Kier molecular flexibility index (Phi) is 7.81. The van der Waals surface area contributed by atoms with E-state index in [-0.39, 0.29) is 0 Å². The minimum Gasteiger partial charge on any atom is -0.310 e. The van der Waals surface area contributed by atoms with Crippen molar-refractivity contribution in [2.24, 2.45) is 0 Å². The fourth-order valence-corrected chi connectivity index (χ4v) is 2.77. The largest absolute Gasteiger partial charge is 0.310 e. The fourth-order valence-electron chi connectivity index (χ4n) is 2.77. The molecule has 1 aromatic carbocycles. The maximum absolute atomic E-state index is 3.65. The maximum atomic E-state index is 3.65. The predicted molar refractivity (Wildman–Crippen MR) is 85.8 cm³/mol. The van der Waals surface area contributed by atoms with Crippen LogP contribution in [0.4, 0.5) is 0 Å². The van der Waals surface area contributed by atoms with Crippen LogP contribution in [-0.4, -0.2) is 6.54 Å². The number of benzene rings is 1. The van der Waals surface area contributed by atoms with Gasteiger partial charge in [0, 0.05) is 6.04 Å². The van der Waals surface area contributed by atoms with Gasteiger partial charge in [-0.15, -0.1) is 0 Å². The molecule has 1 heteroatoms. The van der Waals surface area contributed by atoms with Crippen LogP contribution in [0.2, 0.25) is 0 Å². The van der Waals surface area contributed by atoms with Gasteiger partial charge in [-0.05, 0) is 42.5 Å². The van der Waals surface area contributed by atoms with Gasteiger partial charge in [-0.2, -0.15) is 0 Å². The zero-order chi connectivity index (χ0) is 14.1. The Morgan fingerprint density at radius 1 is 0.947 bits per heavy atom. The number of rotatable bonds is 9. The van der Waals surface area contributed by atoms with Crippen molar-refractivity contribution >= 4 is 0 Å². The Balaban J connectivity index is 2.82. The Morgan fingerprint density at radius 2 is 1.68 bits per heavy atom. The van der Waals surface area contributed by atoms with Crippen LogP contribution in [0.15, 0.2) is 18.2 Å². The van der Waals surface area contributed by atoms with Crippen molar-refractivity contribution in [3.63, 3.8) is 0 Å². The molecule has 1 aromatic rings. The molecule has 0 bridgehead atoms. The first-order valence-corrected chi connectivity index (χ1v) is 8.11. The number of hydrogen-bond donors (Lipinski definition) is 1. The molecule has 19 heavy (non-hydrogen) atoms. The van der Waals surface area contributed by atoms with Crippen LogP contribution in [0.1, 0.15) is 76.1 Å². The summed E-state index contributed by atoms with van der Waals surface area (Å²) in [6, 6.07) is 7.63. The highest BCUT2D eigenvalue weighted by atomic mass is 14.9. The molecule has 1 nitrogen and oxygen atoms in total. The van der Waals surface area contributed by atoms with E-state index >= 15 is 0 Å². The lowest BCUT2D eigenvalue weighted by Crippen LogP contribution is -2.21. The first kappa shape index (κ1) is 16.2. The molecule has 0 aliphatic carbocycles. The lowest BCUT2D eigenvalue weighted by Gasteiger charge is -2.20. The molecule has 0 aliphatic rings. The van der Waals surface area contributed by atoms with Crippen LogP contribution in [0, 0.1) is 0 Å². The normalized spacial score (nSPS) is 12.6. The van der Waals surface area contributed by atoms with Crippen LogP contribution in [-0.2, 0) is 12.8 Å². The van der Waals surface area contributed by atoms with E-state index in [9.17, 15) is 0 Å². The summed E-state index contributed by atoms with van der Waals surface area (Å²) in [6.45, 7) is 10.0. The molecule has 0 fully saturated rings. The van der Waals surface area contributed by atoms with Gasteiger partial charge in [0.25, 0.3) is 0 Å². The third-order valence-corrected chi connectivity index (χ3v) is 3.94. The van der Waals surface area contributed by atoms with E-state index in [0.717, 1.165) is 19.4 Å². The van der Waals surface area contributed by atoms with E-state index in [4.69, 9.17) is 0 Å². The molecule has 0 saturated heterocycles. The number of aryl methyl sites for hydroxylation is 2. The van der Waals surface area contributed by atoms with Gasteiger partial charge in [-0.25, -0.2) is 0 Å². The summed E-state index contributed by atoms with van der Waals surface area (Å²) in [6.07, 6.45) is 7.51. The molecule has 0 spiro atoms. The zero-order valence-corrected chi connectivity index (χ0v) is 13.3. The highest BCUT2D eigenvalue weighted by Gasteiger charge is 2.11.